The highest BCUT2D eigenvalue weighted by Crippen LogP contribution is 2.13. The van der Waals surface area contributed by atoms with Gasteiger partial charge in [0, 0.05) is 20.3 Å². The minimum absolute atomic E-state index is 0.248. The summed E-state index contributed by atoms with van der Waals surface area (Å²) in [5, 5.41) is 0. The van der Waals surface area contributed by atoms with Crippen molar-refractivity contribution in [3.8, 4) is 11.5 Å². The van der Waals surface area contributed by atoms with Crippen molar-refractivity contribution in [3.05, 3.63) is 32.7 Å². The van der Waals surface area contributed by atoms with E-state index in [1.54, 1.807) is 11.6 Å². The van der Waals surface area contributed by atoms with E-state index in [0.29, 0.717) is 11.7 Å². The molecule has 0 aliphatic carbocycles. The van der Waals surface area contributed by atoms with Crippen LogP contribution in [0, 0.1) is 5.92 Å². The van der Waals surface area contributed by atoms with Crippen molar-refractivity contribution < 1.29 is 0 Å². The van der Waals surface area contributed by atoms with Crippen molar-refractivity contribution in [2.24, 2.45) is 20.0 Å². The Bertz CT molecular complexity index is 669. The summed E-state index contributed by atoms with van der Waals surface area (Å²) in [4.78, 5) is 31.7. The van der Waals surface area contributed by atoms with Gasteiger partial charge < -0.3 is 4.57 Å². The van der Waals surface area contributed by atoms with E-state index in [1.807, 2.05) is 6.20 Å². The molecule has 0 saturated carbocycles. The molecule has 0 aromatic rings. The fourth-order valence-corrected chi connectivity index (χ4v) is 1.88. The monoisotopic (exact) mass is 248 g/mol. The first-order valence-electron chi connectivity index (χ1n) is 5.83. The molecule has 0 radical (unpaired) electrons. The topological polar surface area (TPSA) is 69.8 Å². The van der Waals surface area contributed by atoms with E-state index in [9.17, 15) is 9.59 Å². The van der Waals surface area contributed by atoms with Gasteiger partial charge in [-0.1, -0.05) is 13.8 Å². The third kappa shape index (κ3) is 2.05. The first-order valence-corrected chi connectivity index (χ1v) is 5.83. The summed E-state index contributed by atoms with van der Waals surface area (Å²) in [6.45, 7) is 4.17. The zero-order valence-corrected chi connectivity index (χ0v) is 11.0. The van der Waals surface area contributed by atoms with Gasteiger partial charge in [-0.2, -0.15) is 4.98 Å². The Morgan fingerprint density at radius 1 is 1.22 bits per heavy atom. The van der Waals surface area contributed by atoms with Crippen LogP contribution in [0.1, 0.15) is 19.5 Å². The Balaban J connectivity index is 2.76. The van der Waals surface area contributed by atoms with Crippen LogP contribution < -0.4 is 11.2 Å². The molecule has 2 rings (SSSR count). The maximum absolute atomic E-state index is 12.0. The molecule has 0 unspecified atom stereocenters. The van der Waals surface area contributed by atoms with Gasteiger partial charge in [0.2, 0.25) is 0 Å². The van der Waals surface area contributed by atoms with Crippen LogP contribution in [0.5, 0.6) is 0 Å². The van der Waals surface area contributed by atoms with Gasteiger partial charge >= 0.3 is 5.69 Å². The third-order valence-corrected chi connectivity index (χ3v) is 2.76. The van der Waals surface area contributed by atoms with E-state index in [-0.39, 0.29) is 5.69 Å². The van der Waals surface area contributed by atoms with Crippen molar-refractivity contribution in [1.29, 1.82) is 0 Å². The highest BCUT2D eigenvalue weighted by molar-refractivity contribution is 5.49. The van der Waals surface area contributed by atoms with Gasteiger partial charge in [0.15, 0.2) is 11.5 Å². The second kappa shape index (κ2) is 4.36. The predicted molar refractivity (Wildman–Crippen MR) is 67.7 cm³/mol. The van der Waals surface area contributed by atoms with E-state index in [4.69, 9.17) is 0 Å². The minimum Gasteiger partial charge on any atom is -0.332 e. The van der Waals surface area contributed by atoms with Crippen LogP contribution in [0.4, 0.5) is 0 Å². The largest absolute Gasteiger partial charge is 0.352 e. The van der Waals surface area contributed by atoms with Crippen molar-refractivity contribution in [1.82, 2.24) is 19.1 Å². The molecular weight excluding hydrogens is 232 g/mol. The van der Waals surface area contributed by atoms with Gasteiger partial charge in [-0.3, -0.25) is 9.36 Å². The Hall–Kier alpha value is -1.98. The number of nitrogens with zero attached hydrogens (tertiary/aromatic N) is 4. The van der Waals surface area contributed by atoms with E-state index in [0.717, 1.165) is 16.7 Å². The first-order chi connectivity index (χ1) is 8.40. The van der Waals surface area contributed by atoms with Gasteiger partial charge in [0.05, 0.1) is 5.69 Å². The maximum Gasteiger partial charge on any atom is 0.352 e. The van der Waals surface area contributed by atoms with Crippen LogP contribution in [0.25, 0.3) is 11.5 Å². The second-order valence-corrected chi connectivity index (χ2v) is 4.87. The first kappa shape index (κ1) is 12.5. The SMILES string of the molecule is CC(C)Cc1cn(C)c2nc(=O)n(C)c(=O)c-2n1. The molecule has 0 aromatic heterocycles. The summed E-state index contributed by atoms with van der Waals surface area (Å²) >= 11 is 0. The lowest BCUT2D eigenvalue weighted by atomic mass is 10.1. The van der Waals surface area contributed by atoms with Gasteiger partial charge in [-0.15, -0.1) is 0 Å². The molecule has 0 spiro atoms. The van der Waals surface area contributed by atoms with E-state index in [1.165, 1.54) is 7.05 Å². The molecule has 2 aliphatic rings. The van der Waals surface area contributed by atoms with Crippen LogP contribution >= 0.6 is 0 Å². The molecule has 96 valence electrons. The molecule has 0 bridgehead atoms. The van der Waals surface area contributed by atoms with Crippen molar-refractivity contribution in [2.75, 3.05) is 0 Å². The number of aryl methyl sites for hydroxylation is 1. The number of hydrogen-bond acceptors (Lipinski definition) is 4. The summed E-state index contributed by atoms with van der Waals surface area (Å²) in [5.41, 5.74) is 0.128. The Morgan fingerprint density at radius 3 is 2.50 bits per heavy atom. The van der Waals surface area contributed by atoms with Crippen LogP contribution in [0.2, 0.25) is 0 Å². The molecule has 0 atom stereocenters. The third-order valence-electron chi connectivity index (χ3n) is 2.76. The molecule has 2 heterocycles. The minimum atomic E-state index is -0.554. The summed E-state index contributed by atoms with van der Waals surface area (Å²) in [7, 11) is 3.17. The number of fused-ring (bicyclic) bond motifs is 1. The lowest BCUT2D eigenvalue weighted by molar-refractivity contribution is 0.624. The highest BCUT2D eigenvalue weighted by Gasteiger charge is 2.17. The highest BCUT2D eigenvalue weighted by atomic mass is 16.2. The fourth-order valence-electron chi connectivity index (χ4n) is 1.88. The molecule has 6 heteroatoms. The van der Waals surface area contributed by atoms with E-state index >= 15 is 0 Å². The van der Waals surface area contributed by atoms with E-state index < -0.39 is 11.2 Å². The quantitative estimate of drug-likeness (QED) is 0.760. The molecule has 0 N–H and O–H groups in total. The van der Waals surface area contributed by atoms with Gasteiger partial charge in [-0.25, -0.2) is 9.78 Å². The van der Waals surface area contributed by atoms with Crippen molar-refractivity contribution in [2.45, 2.75) is 20.3 Å². The smallest absolute Gasteiger partial charge is 0.332 e. The fraction of sp³-hybridized carbons (Fsp3) is 0.500. The van der Waals surface area contributed by atoms with Gasteiger partial charge in [-0.05, 0) is 12.3 Å². The molecule has 0 saturated heterocycles. The average molecular weight is 248 g/mol. The summed E-state index contributed by atoms with van der Waals surface area (Å²) in [5.74, 6) is 0.779. The number of hydrogen-bond donors (Lipinski definition) is 0. The molecule has 0 fully saturated rings. The number of aromatic nitrogens is 4. The van der Waals surface area contributed by atoms with E-state index in [2.05, 4.69) is 23.8 Å². The van der Waals surface area contributed by atoms with Crippen LogP contribution in [-0.4, -0.2) is 19.1 Å². The molecule has 0 amide bonds. The Labute approximate surface area is 104 Å². The normalized spacial score (nSPS) is 11.4. The van der Waals surface area contributed by atoms with Crippen LogP contribution in [-0.2, 0) is 20.5 Å². The lowest BCUT2D eigenvalue weighted by Crippen LogP contribution is -2.36. The molecule has 18 heavy (non-hydrogen) atoms. The molecule has 0 aromatic carbocycles. The average Bonchev–Trinajstić information content (AvgIpc) is 2.27. The lowest BCUT2D eigenvalue weighted by Gasteiger charge is -2.13. The summed E-state index contributed by atoms with van der Waals surface area (Å²) in [6, 6.07) is 0. The standard InChI is InChI=1S/C12H16N4O2/c1-7(2)5-8-6-15(3)10-9(13-8)11(17)16(4)12(18)14-10/h6-7H,5H2,1-4H3. The zero-order valence-electron chi connectivity index (χ0n) is 11.0. The van der Waals surface area contributed by atoms with Crippen molar-refractivity contribution >= 4 is 0 Å². The predicted octanol–water partition coefficient (Wildman–Crippen LogP) is 0.177. The van der Waals surface area contributed by atoms with Gasteiger partial charge in [0.1, 0.15) is 0 Å². The number of rotatable bonds is 2. The van der Waals surface area contributed by atoms with Crippen LogP contribution in [0.15, 0.2) is 15.8 Å². The molecule has 6 nitrogen and oxygen atoms in total. The van der Waals surface area contributed by atoms with Gasteiger partial charge in [0.25, 0.3) is 5.56 Å². The summed E-state index contributed by atoms with van der Waals surface area (Å²) < 4.78 is 2.66. The zero-order chi connectivity index (χ0) is 13.4. The second-order valence-electron chi connectivity index (χ2n) is 4.87. The molecular formula is C12H16N4O2. The Morgan fingerprint density at radius 2 is 1.89 bits per heavy atom. The van der Waals surface area contributed by atoms with Crippen molar-refractivity contribution in [3.63, 3.8) is 0 Å². The Kier molecular flexibility index (Phi) is 3.02. The molecule has 2 aliphatic heterocycles. The summed E-state index contributed by atoms with van der Waals surface area (Å²) in [6.07, 6.45) is 2.60. The maximum atomic E-state index is 12.0. The van der Waals surface area contributed by atoms with Crippen LogP contribution in [0.3, 0.4) is 0 Å².